The molecule has 1 aliphatic carbocycles. The first kappa shape index (κ1) is 16.3. The quantitative estimate of drug-likeness (QED) is 0.754. The Bertz CT molecular complexity index is 1050. The standard InChI is InChI=1S/C18H15ClN2O3S/c1-9(18(23)24)21-15(10-5-7-11(19)8-6-10)20-16-14(17(21)22)12-3-2-4-13(12)25-16/h5-9H,2-4H2,1H3,(H,23,24). The van der Waals surface area contributed by atoms with Crippen molar-refractivity contribution in [3.63, 3.8) is 0 Å². The molecule has 128 valence electrons. The van der Waals surface area contributed by atoms with E-state index >= 15 is 0 Å². The molecule has 25 heavy (non-hydrogen) atoms. The van der Waals surface area contributed by atoms with Crippen LogP contribution in [-0.2, 0) is 17.6 Å². The number of benzene rings is 1. The maximum atomic E-state index is 13.2. The summed E-state index contributed by atoms with van der Waals surface area (Å²) in [6.45, 7) is 1.50. The number of thiophene rings is 1. The fraction of sp³-hybridized carbons (Fsp3) is 0.278. The Kier molecular flexibility index (Phi) is 3.89. The number of halogens is 1. The van der Waals surface area contributed by atoms with Crippen LogP contribution in [0.5, 0.6) is 0 Å². The summed E-state index contributed by atoms with van der Waals surface area (Å²) >= 11 is 7.49. The molecule has 0 saturated heterocycles. The highest BCUT2D eigenvalue weighted by Crippen LogP contribution is 2.36. The van der Waals surface area contributed by atoms with E-state index in [1.165, 1.54) is 16.4 Å². The van der Waals surface area contributed by atoms with Gasteiger partial charge in [-0.25, -0.2) is 9.78 Å². The van der Waals surface area contributed by atoms with Crippen molar-refractivity contribution < 1.29 is 9.90 Å². The fourth-order valence-electron chi connectivity index (χ4n) is 3.33. The molecule has 5 nitrogen and oxygen atoms in total. The van der Waals surface area contributed by atoms with Gasteiger partial charge in [0.05, 0.1) is 5.39 Å². The molecule has 0 spiro atoms. The van der Waals surface area contributed by atoms with Gasteiger partial charge in [-0.1, -0.05) is 11.6 Å². The molecule has 0 aliphatic heterocycles. The van der Waals surface area contributed by atoms with Crippen LogP contribution in [0.3, 0.4) is 0 Å². The van der Waals surface area contributed by atoms with Crippen LogP contribution in [0.4, 0.5) is 0 Å². The zero-order valence-electron chi connectivity index (χ0n) is 13.5. The Hall–Kier alpha value is -2.18. The third kappa shape index (κ3) is 2.56. The molecule has 1 atom stereocenters. The Labute approximate surface area is 152 Å². The predicted octanol–water partition coefficient (Wildman–Crippen LogP) is 3.91. The predicted molar refractivity (Wildman–Crippen MR) is 98.7 cm³/mol. The molecule has 7 heteroatoms. The van der Waals surface area contributed by atoms with Crippen molar-refractivity contribution in [1.82, 2.24) is 9.55 Å². The second-order valence-electron chi connectivity index (χ2n) is 6.17. The average Bonchev–Trinajstić information content (AvgIpc) is 3.15. The van der Waals surface area contributed by atoms with Gasteiger partial charge in [-0.15, -0.1) is 11.3 Å². The highest BCUT2D eigenvalue weighted by molar-refractivity contribution is 7.18. The van der Waals surface area contributed by atoms with Gasteiger partial charge in [-0.3, -0.25) is 9.36 Å². The molecule has 0 amide bonds. The summed E-state index contributed by atoms with van der Waals surface area (Å²) in [6, 6.07) is 5.91. The lowest BCUT2D eigenvalue weighted by atomic mass is 10.1. The first-order valence-electron chi connectivity index (χ1n) is 8.03. The van der Waals surface area contributed by atoms with Gasteiger partial charge in [0.15, 0.2) is 0 Å². The van der Waals surface area contributed by atoms with Crippen LogP contribution in [0, 0.1) is 0 Å². The van der Waals surface area contributed by atoms with E-state index < -0.39 is 12.0 Å². The number of fused-ring (bicyclic) bond motifs is 3. The van der Waals surface area contributed by atoms with E-state index in [1.54, 1.807) is 35.6 Å². The van der Waals surface area contributed by atoms with E-state index in [4.69, 9.17) is 11.6 Å². The smallest absolute Gasteiger partial charge is 0.326 e. The van der Waals surface area contributed by atoms with Crippen LogP contribution >= 0.6 is 22.9 Å². The number of hydrogen-bond donors (Lipinski definition) is 1. The lowest BCUT2D eigenvalue weighted by Crippen LogP contribution is -2.30. The van der Waals surface area contributed by atoms with E-state index in [9.17, 15) is 14.7 Å². The largest absolute Gasteiger partial charge is 0.480 e. The van der Waals surface area contributed by atoms with Crippen LogP contribution in [0.2, 0.25) is 5.02 Å². The molecule has 0 bridgehead atoms. The molecule has 1 N–H and O–H groups in total. The molecule has 4 rings (SSSR count). The Morgan fingerprint density at radius 3 is 2.72 bits per heavy atom. The van der Waals surface area contributed by atoms with Crippen LogP contribution < -0.4 is 5.56 Å². The highest BCUT2D eigenvalue weighted by Gasteiger charge is 2.27. The van der Waals surface area contributed by atoms with Crippen molar-refractivity contribution in [1.29, 1.82) is 0 Å². The van der Waals surface area contributed by atoms with Gasteiger partial charge < -0.3 is 5.11 Å². The normalized spacial score (nSPS) is 14.6. The summed E-state index contributed by atoms with van der Waals surface area (Å²) in [5.74, 6) is -0.700. The van der Waals surface area contributed by atoms with Crippen molar-refractivity contribution in [3.8, 4) is 11.4 Å². The van der Waals surface area contributed by atoms with Gasteiger partial charge in [-0.2, -0.15) is 0 Å². The summed E-state index contributed by atoms with van der Waals surface area (Å²) in [5, 5.41) is 10.6. The van der Waals surface area contributed by atoms with E-state index in [1.807, 2.05) is 0 Å². The number of aryl methyl sites for hydroxylation is 2. The van der Waals surface area contributed by atoms with E-state index in [0.717, 1.165) is 24.8 Å². The van der Waals surface area contributed by atoms with Gasteiger partial charge in [0, 0.05) is 15.5 Å². The second kappa shape index (κ2) is 5.97. The summed E-state index contributed by atoms with van der Waals surface area (Å²) in [4.78, 5) is 31.4. The molecule has 2 aromatic heterocycles. The van der Waals surface area contributed by atoms with E-state index in [0.29, 0.717) is 26.6 Å². The molecule has 1 aromatic carbocycles. The Morgan fingerprint density at radius 1 is 1.32 bits per heavy atom. The molecule has 1 aliphatic rings. The third-order valence-corrected chi connectivity index (χ3v) is 6.06. The summed E-state index contributed by atoms with van der Waals surface area (Å²) < 4.78 is 1.29. The molecular weight excluding hydrogens is 360 g/mol. The maximum Gasteiger partial charge on any atom is 0.326 e. The minimum Gasteiger partial charge on any atom is -0.480 e. The minimum atomic E-state index is -1.06. The molecule has 0 saturated carbocycles. The van der Waals surface area contributed by atoms with Gasteiger partial charge >= 0.3 is 5.97 Å². The first-order chi connectivity index (χ1) is 12.0. The number of aromatic nitrogens is 2. The number of carboxylic acid groups (broad SMARTS) is 1. The third-order valence-electron chi connectivity index (χ3n) is 4.62. The zero-order chi connectivity index (χ0) is 17.7. The first-order valence-corrected chi connectivity index (χ1v) is 9.22. The summed E-state index contributed by atoms with van der Waals surface area (Å²) in [5.41, 5.74) is 1.45. The molecule has 0 fully saturated rings. The van der Waals surface area contributed by atoms with Crippen molar-refractivity contribution in [2.24, 2.45) is 0 Å². The minimum absolute atomic E-state index is 0.274. The average molecular weight is 375 g/mol. The van der Waals surface area contributed by atoms with Gasteiger partial charge in [0.25, 0.3) is 5.56 Å². The SMILES string of the molecule is CC(C(=O)O)n1c(-c2ccc(Cl)cc2)nc2sc3c(c2c1=O)CCC3. The van der Waals surface area contributed by atoms with Crippen molar-refractivity contribution in [2.45, 2.75) is 32.2 Å². The number of rotatable bonds is 3. The topological polar surface area (TPSA) is 72.2 Å². The maximum absolute atomic E-state index is 13.2. The molecule has 1 unspecified atom stereocenters. The number of carboxylic acids is 1. The Morgan fingerprint density at radius 2 is 2.04 bits per heavy atom. The van der Waals surface area contributed by atoms with E-state index in [-0.39, 0.29) is 5.56 Å². The lowest BCUT2D eigenvalue weighted by Gasteiger charge is -2.16. The van der Waals surface area contributed by atoms with Gasteiger partial charge in [0.2, 0.25) is 0 Å². The van der Waals surface area contributed by atoms with Crippen molar-refractivity contribution in [3.05, 3.63) is 50.1 Å². The number of carbonyl (C=O) groups is 1. The zero-order valence-corrected chi connectivity index (χ0v) is 15.0. The van der Waals surface area contributed by atoms with Crippen LogP contribution in [-0.4, -0.2) is 20.6 Å². The lowest BCUT2D eigenvalue weighted by molar-refractivity contribution is -0.140. The number of nitrogens with zero attached hydrogens (tertiary/aromatic N) is 2. The number of aliphatic carboxylic acids is 1. The highest BCUT2D eigenvalue weighted by atomic mass is 35.5. The Balaban J connectivity index is 2.07. The molecule has 3 aromatic rings. The van der Waals surface area contributed by atoms with Crippen LogP contribution in [0.25, 0.3) is 21.6 Å². The summed E-state index contributed by atoms with van der Waals surface area (Å²) in [6.07, 6.45) is 2.85. The number of hydrogen-bond acceptors (Lipinski definition) is 4. The molecule has 0 radical (unpaired) electrons. The molecular formula is C18H15ClN2O3S. The van der Waals surface area contributed by atoms with Crippen molar-refractivity contribution in [2.75, 3.05) is 0 Å². The van der Waals surface area contributed by atoms with Crippen molar-refractivity contribution >= 4 is 39.1 Å². The van der Waals surface area contributed by atoms with Gasteiger partial charge in [0.1, 0.15) is 16.7 Å². The second-order valence-corrected chi connectivity index (χ2v) is 7.69. The monoisotopic (exact) mass is 374 g/mol. The summed E-state index contributed by atoms with van der Waals surface area (Å²) in [7, 11) is 0. The molecule has 2 heterocycles. The van der Waals surface area contributed by atoms with Crippen LogP contribution in [0.1, 0.15) is 29.8 Å². The van der Waals surface area contributed by atoms with Gasteiger partial charge in [-0.05, 0) is 56.0 Å². The fourth-order valence-corrected chi connectivity index (χ4v) is 4.71. The van der Waals surface area contributed by atoms with Crippen LogP contribution in [0.15, 0.2) is 29.1 Å². The van der Waals surface area contributed by atoms with E-state index in [2.05, 4.69) is 4.98 Å².